The molecule has 0 saturated heterocycles. The van der Waals surface area contributed by atoms with Crippen molar-refractivity contribution in [3.8, 4) is 11.4 Å². The summed E-state index contributed by atoms with van der Waals surface area (Å²) in [5, 5.41) is 0. The SMILES string of the molecule is CC(=O)N1CCCc2cc(S(=O)(=O)Nc3cccc(-c4nc(C)cc(=O)[nH]4)c3)ccc21. The molecule has 0 atom stereocenters. The minimum Gasteiger partial charge on any atom is -0.312 e. The number of sulfonamides is 1. The van der Waals surface area contributed by atoms with Gasteiger partial charge < -0.3 is 9.88 Å². The first-order chi connectivity index (χ1) is 14.7. The van der Waals surface area contributed by atoms with Crippen LogP contribution in [0.25, 0.3) is 11.4 Å². The van der Waals surface area contributed by atoms with Crippen LogP contribution in [-0.2, 0) is 21.2 Å². The van der Waals surface area contributed by atoms with Crippen molar-refractivity contribution < 1.29 is 13.2 Å². The lowest BCUT2D eigenvalue weighted by Gasteiger charge is -2.28. The number of amides is 1. The van der Waals surface area contributed by atoms with E-state index in [-0.39, 0.29) is 16.4 Å². The molecule has 4 rings (SSSR count). The molecule has 2 heterocycles. The zero-order valence-corrected chi connectivity index (χ0v) is 18.0. The third-order valence-electron chi connectivity index (χ3n) is 5.12. The minimum absolute atomic E-state index is 0.0608. The number of fused-ring (bicyclic) bond motifs is 1. The number of anilines is 2. The highest BCUT2D eigenvalue weighted by Gasteiger charge is 2.23. The van der Waals surface area contributed by atoms with Crippen LogP contribution < -0.4 is 15.2 Å². The first kappa shape index (κ1) is 20.8. The molecule has 0 fully saturated rings. The molecule has 0 spiro atoms. The van der Waals surface area contributed by atoms with Crippen LogP contribution in [0.15, 0.2) is 58.2 Å². The summed E-state index contributed by atoms with van der Waals surface area (Å²) in [5.41, 5.74) is 2.82. The summed E-state index contributed by atoms with van der Waals surface area (Å²) in [6, 6.07) is 12.9. The van der Waals surface area contributed by atoms with Crippen LogP contribution in [0, 0.1) is 6.92 Å². The number of aromatic nitrogens is 2. The Bertz CT molecular complexity index is 1330. The van der Waals surface area contributed by atoms with Gasteiger partial charge in [-0.05, 0) is 55.7 Å². The average Bonchev–Trinajstić information content (AvgIpc) is 2.72. The molecule has 1 amide bonds. The number of hydrogen-bond donors (Lipinski definition) is 2. The molecular weight excluding hydrogens is 416 g/mol. The molecule has 8 nitrogen and oxygen atoms in total. The lowest BCUT2D eigenvalue weighted by Crippen LogP contribution is -2.33. The van der Waals surface area contributed by atoms with Crippen LogP contribution >= 0.6 is 0 Å². The number of H-pyrrole nitrogens is 1. The Hall–Kier alpha value is -3.46. The summed E-state index contributed by atoms with van der Waals surface area (Å²) in [6.45, 7) is 3.85. The number of rotatable bonds is 4. The van der Waals surface area contributed by atoms with Gasteiger partial charge in [0.25, 0.3) is 15.6 Å². The molecule has 1 aromatic heterocycles. The highest BCUT2D eigenvalue weighted by Crippen LogP contribution is 2.30. The molecule has 31 heavy (non-hydrogen) atoms. The fraction of sp³-hybridized carbons (Fsp3) is 0.227. The topological polar surface area (TPSA) is 112 Å². The van der Waals surface area contributed by atoms with E-state index >= 15 is 0 Å². The molecule has 1 aliphatic heterocycles. The van der Waals surface area contributed by atoms with Crippen LogP contribution in [0.1, 0.15) is 24.6 Å². The second kappa shape index (κ2) is 7.99. The van der Waals surface area contributed by atoms with Gasteiger partial charge in [-0.1, -0.05) is 12.1 Å². The van der Waals surface area contributed by atoms with E-state index in [4.69, 9.17) is 0 Å². The van der Waals surface area contributed by atoms with Gasteiger partial charge >= 0.3 is 0 Å². The molecular formula is C22H22N4O4S. The molecule has 1 aliphatic rings. The number of nitrogens with zero attached hydrogens (tertiary/aromatic N) is 2. The van der Waals surface area contributed by atoms with Gasteiger partial charge in [0.2, 0.25) is 5.91 Å². The summed E-state index contributed by atoms with van der Waals surface area (Å²) in [4.78, 5) is 32.3. The van der Waals surface area contributed by atoms with Gasteiger partial charge in [-0.3, -0.25) is 14.3 Å². The Balaban J connectivity index is 1.64. The van der Waals surface area contributed by atoms with Gasteiger partial charge in [-0.25, -0.2) is 13.4 Å². The fourth-order valence-electron chi connectivity index (χ4n) is 3.73. The lowest BCUT2D eigenvalue weighted by molar-refractivity contribution is -0.116. The van der Waals surface area contributed by atoms with Crippen molar-refractivity contribution in [1.82, 2.24) is 9.97 Å². The van der Waals surface area contributed by atoms with E-state index in [1.165, 1.54) is 19.1 Å². The molecule has 0 saturated carbocycles. The number of nitrogens with one attached hydrogen (secondary N) is 2. The van der Waals surface area contributed by atoms with Crippen molar-refractivity contribution in [2.24, 2.45) is 0 Å². The molecule has 0 radical (unpaired) electrons. The Morgan fingerprint density at radius 1 is 1.16 bits per heavy atom. The van der Waals surface area contributed by atoms with E-state index in [9.17, 15) is 18.0 Å². The van der Waals surface area contributed by atoms with Crippen LogP contribution in [-0.4, -0.2) is 30.8 Å². The molecule has 0 aliphatic carbocycles. The van der Waals surface area contributed by atoms with Gasteiger partial charge in [0.05, 0.1) is 4.90 Å². The van der Waals surface area contributed by atoms with Crippen LogP contribution in [0.5, 0.6) is 0 Å². The maximum atomic E-state index is 13.0. The maximum Gasteiger partial charge on any atom is 0.261 e. The number of aryl methyl sites for hydroxylation is 2. The first-order valence-electron chi connectivity index (χ1n) is 9.85. The smallest absolute Gasteiger partial charge is 0.261 e. The number of carbonyl (C=O) groups excluding carboxylic acids is 1. The summed E-state index contributed by atoms with van der Waals surface area (Å²) in [6.07, 6.45) is 1.50. The normalized spacial score (nSPS) is 13.5. The second-order valence-corrected chi connectivity index (χ2v) is 9.17. The summed E-state index contributed by atoms with van der Waals surface area (Å²) >= 11 is 0. The standard InChI is InChI=1S/C22H22N4O4S/c1-14-11-21(28)24-22(23-14)17-5-3-7-18(12-17)25-31(29,30)19-8-9-20-16(13-19)6-4-10-26(20)15(2)27/h3,5,7-9,11-13,25H,4,6,10H2,1-2H3,(H,23,24,28). The number of hydrogen-bond acceptors (Lipinski definition) is 5. The molecule has 3 aromatic rings. The van der Waals surface area contributed by atoms with Gasteiger partial charge in [-0.2, -0.15) is 0 Å². The predicted molar refractivity (Wildman–Crippen MR) is 119 cm³/mol. The monoisotopic (exact) mass is 438 g/mol. The number of carbonyl (C=O) groups is 1. The fourth-order valence-corrected chi connectivity index (χ4v) is 4.83. The summed E-state index contributed by atoms with van der Waals surface area (Å²) in [5.74, 6) is 0.304. The number of benzene rings is 2. The van der Waals surface area contributed by atoms with E-state index in [1.807, 2.05) is 0 Å². The van der Waals surface area contributed by atoms with E-state index in [0.29, 0.717) is 35.7 Å². The van der Waals surface area contributed by atoms with Crippen molar-refractivity contribution in [3.63, 3.8) is 0 Å². The van der Waals surface area contributed by atoms with Crippen LogP contribution in [0.3, 0.4) is 0 Å². The first-order valence-corrected chi connectivity index (χ1v) is 11.3. The molecule has 9 heteroatoms. The van der Waals surface area contributed by atoms with Crippen molar-refractivity contribution in [2.45, 2.75) is 31.6 Å². The summed E-state index contributed by atoms with van der Waals surface area (Å²) < 4.78 is 28.6. The minimum atomic E-state index is -3.85. The van der Waals surface area contributed by atoms with Crippen LogP contribution in [0.4, 0.5) is 11.4 Å². The molecule has 0 unspecified atom stereocenters. The van der Waals surface area contributed by atoms with E-state index in [0.717, 1.165) is 17.7 Å². The molecule has 2 aromatic carbocycles. The Morgan fingerprint density at radius 2 is 1.97 bits per heavy atom. The molecule has 160 valence electrons. The van der Waals surface area contributed by atoms with Crippen LogP contribution in [0.2, 0.25) is 0 Å². The van der Waals surface area contributed by atoms with Gasteiger partial charge in [0, 0.05) is 42.2 Å². The zero-order chi connectivity index (χ0) is 22.2. The third-order valence-corrected chi connectivity index (χ3v) is 6.50. The van der Waals surface area contributed by atoms with Crippen molar-refractivity contribution in [2.75, 3.05) is 16.2 Å². The number of aromatic amines is 1. The summed E-state index contributed by atoms with van der Waals surface area (Å²) in [7, 11) is -3.85. The Kier molecular flexibility index (Phi) is 5.36. The van der Waals surface area contributed by atoms with Crippen molar-refractivity contribution in [3.05, 3.63) is 70.1 Å². The highest BCUT2D eigenvalue weighted by molar-refractivity contribution is 7.92. The predicted octanol–water partition coefficient (Wildman–Crippen LogP) is 2.85. The van der Waals surface area contributed by atoms with E-state index < -0.39 is 10.0 Å². The van der Waals surface area contributed by atoms with Crippen molar-refractivity contribution in [1.29, 1.82) is 0 Å². The second-order valence-electron chi connectivity index (χ2n) is 7.49. The third kappa shape index (κ3) is 4.36. The van der Waals surface area contributed by atoms with Gasteiger partial charge in [-0.15, -0.1) is 0 Å². The maximum absolute atomic E-state index is 13.0. The van der Waals surface area contributed by atoms with Gasteiger partial charge in [0.15, 0.2) is 0 Å². The largest absolute Gasteiger partial charge is 0.312 e. The Morgan fingerprint density at radius 3 is 2.71 bits per heavy atom. The van der Waals surface area contributed by atoms with Gasteiger partial charge in [0.1, 0.15) is 5.82 Å². The van der Waals surface area contributed by atoms with E-state index in [2.05, 4.69) is 14.7 Å². The molecule has 2 N–H and O–H groups in total. The highest BCUT2D eigenvalue weighted by atomic mass is 32.2. The quantitative estimate of drug-likeness (QED) is 0.650. The average molecular weight is 439 g/mol. The molecule has 0 bridgehead atoms. The lowest BCUT2D eigenvalue weighted by atomic mass is 10.0. The Labute approximate surface area is 180 Å². The zero-order valence-electron chi connectivity index (χ0n) is 17.2. The van der Waals surface area contributed by atoms with E-state index in [1.54, 1.807) is 48.2 Å². The van der Waals surface area contributed by atoms with Crippen molar-refractivity contribution >= 4 is 27.3 Å².